The van der Waals surface area contributed by atoms with Crippen LogP contribution in [0.3, 0.4) is 0 Å². The van der Waals surface area contributed by atoms with E-state index in [-0.39, 0.29) is 0 Å². The van der Waals surface area contributed by atoms with Gasteiger partial charge in [0.25, 0.3) is 0 Å². The molecule has 0 fully saturated rings. The van der Waals surface area contributed by atoms with Crippen LogP contribution in [0.2, 0.25) is 5.02 Å². The van der Waals surface area contributed by atoms with E-state index in [9.17, 15) is 0 Å². The molecule has 0 saturated heterocycles. The zero-order valence-corrected chi connectivity index (χ0v) is 10.1. The van der Waals surface area contributed by atoms with Crippen molar-refractivity contribution in [1.82, 2.24) is 0 Å². The molecule has 0 aliphatic rings. The van der Waals surface area contributed by atoms with E-state index in [0.717, 1.165) is 11.4 Å². The van der Waals surface area contributed by atoms with Crippen LogP contribution in [0.4, 0.5) is 0 Å². The third kappa shape index (κ3) is 2.65. The van der Waals surface area contributed by atoms with Crippen molar-refractivity contribution >= 4 is 23.2 Å². The summed E-state index contributed by atoms with van der Waals surface area (Å²) in [6.45, 7) is 4.40. The molecule has 14 heavy (non-hydrogen) atoms. The number of alkyl halides is 1. The smallest absolute Gasteiger partial charge is 0.0441 e. The number of hydrogen-bond acceptors (Lipinski definition) is 0. The van der Waals surface area contributed by atoms with Crippen LogP contribution in [-0.4, -0.2) is 5.88 Å². The summed E-state index contributed by atoms with van der Waals surface area (Å²) in [6, 6.07) is 7.97. The van der Waals surface area contributed by atoms with Gasteiger partial charge >= 0.3 is 0 Å². The maximum atomic E-state index is 6.14. The van der Waals surface area contributed by atoms with E-state index in [2.05, 4.69) is 19.9 Å². The molecule has 0 heterocycles. The highest BCUT2D eigenvalue weighted by molar-refractivity contribution is 6.31. The minimum atomic E-state index is 0.371. The van der Waals surface area contributed by atoms with Crippen LogP contribution < -0.4 is 0 Å². The lowest BCUT2D eigenvalue weighted by atomic mass is 9.87. The molecule has 0 N–H and O–H groups in total. The molecule has 0 amide bonds. The summed E-state index contributed by atoms with van der Waals surface area (Å²) in [5.74, 6) is 1.58. The van der Waals surface area contributed by atoms with Crippen molar-refractivity contribution in [2.24, 2.45) is 5.92 Å². The molecule has 0 nitrogen and oxygen atoms in total. The second-order valence-corrected chi connectivity index (χ2v) is 4.38. The van der Waals surface area contributed by atoms with E-state index >= 15 is 0 Å². The lowest BCUT2D eigenvalue weighted by Gasteiger charge is -2.21. The first-order valence-corrected chi connectivity index (χ1v) is 5.92. The van der Waals surface area contributed by atoms with Crippen LogP contribution in [0.25, 0.3) is 0 Å². The fraction of sp³-hybridized carbons (Fsp3) is 0.500. The second kappa shape index (κ2) is 5.63. The molecule has 0 aromatic heterocycles. The maximum absolute atomic E-state index is 6.14. The summed E-state index contributed by atoms with van der Waals surface area (Å²) >= 11 is 12.1. The van der Waals surface area contributed by atoms with Gasteiger partial charge in [0, 0.05) is 16.8 Å². The first kappa shape index (κ1) is 11.9. The Hall–Kier alpha value is -0.200. The Balaban J connectivity index is 2.94. The molecule has 1 aromatic rings. The minimum Gasteiger partial charge on any atom is -0.126 e. The van der Waals surface area contributed by atoms with E-state index in [0.29, 0.717) is 17.7 Å². The molecule has 2 atom stereocenters. The zero-order chi connectivity index (χ0) is 10.6. The standard InChI is InChI=1S/C12H16Cl2/c1-3-9(2)11(8-13)10-6-4-5-7-12(10)14/h4-7,9,11H,3,8H2,1-2H3. The summed E-state index contributed by atoms with van der Waals surface area (Å²) in [5, 5.41) is 0.832. The van der Waals surface area contributed by atoms with Gasteiger partial charge in [0.2, 0.25) is 0 Å². The topological polar surface area (TPSA) is 0 Å². The number of rotatable bonds is 4. The van der Waals surface area contributed by atoms with Crippen molar-refractivity contribution in [3.8, 4) is 0 Å². The lowest BCUT2D eigenvalue weighted by molar-refractivity contribution is 0.477. The Morgan fingerprint density at radius 2 is 1.93 bits per heavy atom. The van der Waals surface area contributed by atoms with Crippen molar-refractivity contribution in [3.63, 3.8) is 0 Å². The molecule has 0 radical (unpaired) electrons. The highest BCUT2D eigenvalue weighted by Crippen LogP contribution is 2.32. The number of halogens is 2. The average molecular weight is 231 g/mol. The Bertz CT molecular complexity index is 283. The highest BCUT2D eigenvalue weighted by atomic mass is 35.5. The Morgan fingerprint density at radius 3 is 2.43 bits per heavy atom. The number of benzene rings is 1. The molecule has 0 bridgehead atoms. The van der Waals surface area contributed by atoms with Gasteiger partial charge in [0.15, 0.2) is 0 Å². The quantitative estimate of drug-likeness (QED) is 0.658. The van der Waals surface area contributed by atoms with Gasteiger partial charge in [-0.15, -0.1) is 11.6 Å². The van der Waals surface area contributed by atoms with Gasteiger partial charge in [-0.2, -0.15) is 0 Å². The van der Waals surface area contributed by atoms with Crippen LogP contribution in [0.15, 0.2) is 24.3 Å². The normalized spacial score (nSPS) is 15.1. The van der Waals surface area contributed by atoms with E-state index in [1.807, 2.05) is 18.2 Å². The van der Waals surface area contributed by atoms with Gasteiger partial charge in [0.05, 0.1) is 0 Å². The molecule has 0 aliphatic carbocycles. The van der Waals surface area contributed by atoms with E-state index in [1.165, 1.54) is 5.56 Å². The minimum absolute atomic E-state index is 0.371. The van der Waals surface area contributed by atoms with Crippen LogP contribution in [0.5, 0.6) is 0 Å². The molecule has 1 aromatic carbocycles. The molecule has 0 spiro atoms. The van der Waals surface area contributed by atoms with Gasteiger partial charge in [-0.05, 0) is 17.5 Å². The van der Waals surface area contributed by atoms with Gasteiger partial charge in [-0.3, -0.25) is 0 Å². The van der Waals surface area contributed by atoms with Crippen LogP contribution in [-0.2, 0) is 0 Å². The third-order valence-corrected chi connectivity index (χ3v) is 3.48. The molecular weight excluding hydrogens is 215 g/mol. The van der Waals surface area contributed by atoms with E-state index in [4.69, 9.17) is 23.2 Å². The third-order valence-electron chi connectivity index (χ3n) is 2.80. The second-order valence-electron chi connectivity index (χ2n) is 3.67. The highest BCUT2D eigenvalue weighted by Gasteiger charge is 2.18. The molecule has 2 unspecified atom stereocenters. The van der Waals surface area contributed by atoms with Crippen LogP contribution >= 0.6 is 23.2 Å². The molecule has 1 rings (SSSR count). The molecule has 78 valence electrons. The van der Waals surface area contributed by atoms with Crippen molar-refractivity contribution < 1.29 is 0 Å². The van der Waals surface area contributed by atoms with Crippen molar-refractivity contribution in [3.05, 3.63) is 34.9 Å². The van der Waals surface area contributed by atoms with Gasteiger partial charge < -0.3 is 0 Å². The zero-order valence-electron chi connectivity index (χ0n) is 8.63. The summed E-state index contributed by atoms with van der Waals surface area (Å²) < 4.78 is 0. The summed E-state index contributed by atoms with van der Waals surface area (Å²) in [4.78, 5) is 0. The molecule has 2 heteroatoms. The summed E-state index contributed by atoms with van der Waals surface area (Å²) in [7, 11) is 0. The predicted octanol–water partition coefficient (Wildman–Crippen LogP) is 4.71. The average Bonchev–Trinajstić information content (AvgIpc) is 2.21. The summed E-state index contributed by atoms with van der Waals surface area (Å²) in [5.41, 5.74) is 1.18. The monoisotopic (exact) mass is 230 g/mol. The predicted molar refractivity (Wildman–Crippen MR) is 64.4 cm³/mol. The molecule has 0 saturated carbocycles. The maximum Gasteiger partial charge on any atom is 0.0441 e. The lowest BCUT2D eigenvalue weighted by Crippen LogP contribution is -2.11. The SMILES string of the molecule is CCC(C)C(CCl)c1ccccc1Cl. The molecule has 0 aliphatic heterocycles. The Labute approximate surface area is 96.2 Å². The molecular formula is C12H16Cl2. The van der Waals surface area contributed by atoms with Crippen LogP contribution in [0.1, 0.15) is 31.7 Å². The van der Waals surface area contributed by atoms with Crippen molar-refractivity contribution in [2.45, 2.75) is 26.2 Å². The Kier molecular flexibility index (Phi) is 4.77. The van der Waals surface area contributed by atoms with E-state index in [1.54, 1.807) is 0 Å². The largest absolute Gasteiger partial charge is 0.126 e. The Morgan fingerprint density at radius 1 is 1.29 bits per heavy atom. The summed E-state index contributed by atoms with van der Waals surface area (Å²) in [6.07, 6.45) is 1.13. The van der Waals surface area contributed by atoms with Gasteiger partial charge in [-0.1, -0.05) is 50.1 Å². The van der Waals surface area contributed by atoms with Gasteiger partial charge in [0.1, 0.15) is 0 Å². The van der Waals surface area contributed by atoms with E-state index < -0.39 is 0 Å². The number of hydrogen-bond donors (Lipinski definition) is 0. The fourth-order valence-electron chi connectivity index (χ4n) is 1.60. The fourth-order valence-corrected chi connectivity index (χ4v) is 2.35. The van der Waals surface area contributed by atoms with Crippen molar-refractivity contribution in [2.75, 3.05) is 5.88 Å². The van der Waals surface area contributed by atoms with Crippen molar-refractivity contribution in [1.29, 1.82) is 0 Å². The van der Waals surface area contributed by atoms with Crippen LogP contribution in [0, 0.1) is 5.92 Å². The first-order valence-electron chi connectivity index (χ1n) is 5.01. The first-order chi connectivity index (χ1) is 6.70. The van der Waals surface area contributed by atoms with Gasteiger partial charge in [-0.25, -0.2) is 0 Å².